The number of aromatic nitrogens is 3. The second-order valence-electron chi connectivity index (χ2n) is 7.10. The molecule has 0 amide bonds. The summed E-state index contributed by atoms with van der Waals surface area (Å²) in [4.78, 5) is 17.3. The number of pyridine rings is 2. The molecule has 142 valence electrons. The Hall–Kier alpha value is -2.70. The van der Waals surface area contributed by atoms with Gasteiger partial charge in [-0.05, 0) is 43.9 Å². The molecule has 3 aromatic rings. The third-order valence-electron chi connectivity index (χ3n) is 5.06. The van der Waals surface area contributed by atoms with Crippen LogP contribution in [0.3, 0.4) is 0 Å². The first-order chi connectivity index (χ1) is 13.2. The molecule has 1 saturated heterocycles. The summed E-state index contributed by atoms with van der Waals surface area (Å²) in [5.74, 6) is 0.838. The van der Waals surface area contributed by atoms with E-state index in [1.54, 1.807) is 0 Å². The molecule has 0 saturated carbocycles. The second-order valence-corrected chi connectivity index (χ2v) is 7.10. The predicted molar refractivity (Wildman–Crippen MR) is 113 cm³/mol. The van der Waals surface area contributed by atoms with Crippen molar-refractivity contribution < 1.29 is 1.43 Å². The number of hydrogen-bond acceptors (Lipinski definition) is 5. The van der Waals surface area contributed by atoms with E-state index in [-0.39, 0.29) is 1.43 Å². The Balaban J connectivity index is 0.00000225. The van der Waals surface area contributed by atoms with Crippen molar-refractivity contribution in [3.05, 3.63) is 54.6 Å². The van der Waals surface area contributed by atoms with Crippen LogP contribution in [0.5, 0.6) is 0 Å². The van der Waals surface area contributed by atoms with Crippen molar-refractivity contribution >= 4 is 16.9 Å². The Bertz CT molecular complexity index is 926. The normalized spacial score (nSPS) is 16.4. The lowest BCUT2D eigenvalue weighted by Crippen LogP contribution is -2.43. The number of allylic oxidation sites excluding steroid dienone is 1. The number of anilines is 1. The van der Waals surface area contributed by atoms with E-state index in [2.05, 4.69) is 49.2 Å². The molecule has 0 aliphatic carbocycles. The average Bonchev–Trinajstić information content (AvgIpc) is 3.12. The molecule has 2 N–H and O–H groups in total. The van der Waals surface area contributed by atoms with E-state index in [1.807, 2.05) is 43.9 Å². The number of nitrogens with one attached hydrogen (secondary N) is 2. The number of hydrogen-bond donors (Lipinski definition) is 2. The largest absolute Gasteiger partial charge is 0.347 e. The molecule has 6 nitrogen and oxygen atoms in total. The highest BCUT2D eigenvalue weighted by molar-refractivity contribution is 5.93. The van der Waals surface area contributed by atoms with Gasteiger partial charge in [-0.3, -0.25) is 4.90 Å². The highest BCUT2D eigenvalue weighted by atomic mass is 15.2. The van der Waals surface area contributed by atoms with Crippen molar-refractivity contribution in [2.45, 2.75) is 13.5 Å². The molecule has 6 heteroatoms. The molecule has 1 aliphatic rings. The number of aromatic amines is 1. The van der Waals surface area contributed by atoms with Gasteiger partial charge in [-0.25, -0.2) is 9.97 Å². The van der Waals surface area contributed by atoms with Crippen LogP contribution < -0.4 is 5.32 Å². The summed E-state index contributed by atoms with van der Waals surface area (Å²) in [6.07, 6.45) is 9.74. The van der Waals surface area contributed by atoms with Gasteiger partial charge in [-0.15, -0.1) is 0 Å². The zero-order valence-corrected chi connectivity index (χ0v) is 15.9. The lowest BCUT2D eigenvalue weighted by Gasteiger charge is -2.32. The predicted octanol–water partition coefficient (Wildman–Crippen LogP) is 3.56. The Kier molecular flexibility index (Phi) is 5.18. The molecule has 0 atom stereocenters. The van der Waals surface area contributed by atoms with E-state index in [0.717, 1.165) is 60.7 Å². The maximum absolute atomic E-state index is 4.63. The maximum atomic E-state index is 4.63. The molecule has 0 unspecified atom stereocenters. The summed E-state index contributed by atoms with van der Waals surface area (Å²) < 4.78 is 0. The van der Waals surface area contributed by atoms with Gasteiger partial charge in [0.25, 0.3) is 0 Å². The fourth-order valence-corrected chi connectivity index (χ4v) is 3.44. The third-order valence-corrected chi connectivity index (χ3v) is 5.06. The van der Waals surface area contributed by atoms with E-state index in [9.17, 15) is 0 Å². The SMILES string of the molecule is CC=CNc1ccc(-c2c[nH]c3ncc(CN4CCN(C)CC4)cc23)cn1.[HH]. The lowest BCUT2D eigenvalue weighted by molar-refractivity contribution is 0.148. The highest BCUT2D eigenvalue weighted by Gasteiger charge is 2.15. The van der Waals surface area contributed by atoms with E-state index in [4.69, 9.17) is 0 Å². The minimum Gasteiger partial charge on any atom is -0.347 e. The zero-order chi connectivity index (χ0) is 18.6. The number of piperazine rings is 1. The number of rotatable bonds is 5. The summed E-state index contributed by atoms with van der Waals surface area (Å²) in [6.45, 7) is 7.40. The monoisotopic (exact) mass is 364 g/mol. The van der Waals surface area contributed by atoms with Crippen LogP contribution in [0.25, 0.3) is 22.2 Å². The molecule has 3 aromatic heterocycles. The summed E-state index contributed by atoms with van der Waals surface area (Å²) in [5, 5.41) is 4.29. The minimum absolute atomic E-state index is 0. The van der Waals surface area contributed by atoms with Gasteiger partial charge < -0.3 is 15.2 Å². The van der Waals surface area contributed by atoms with Gasteiger partial charge in [-0.1, -0.05) is 6.08 Å². The van der Waals surface area contributed by atoms with Gasteiger partial charge in [0.1, 0.15) is 11.5 Å². The number of nitrogens with zero attached hydrogens (tertiary/aromatic N) is 4. The first-order valence-corrected chi connectivity index (χ1v) is 9.44. The quantitative estimate of drug-likeness (QED) is 0.725. The van der Waals surface area contributed by atoms with Crippen LogP contribution in [0.15, 0.2) is 49.1 Å². The molecular weight excluding hydrogens is 336 g/mol. The lowest BCUT2D eigenvalue weighted by atomic mass is 10.1. The van der Waals surface area contributed by atoms with Crippen LogP contribution in [-0.2, 0) is 6.54 Å². The molecular formula is C21H28N6. The molecule has 1 fully saturated rings. The first kappa shape index (κ1) is 17.7. The maximum Gasteiger partial charge on any atom is 0.137 e. The van der Waals surface area contributed by atoms with Crippen molar-refractivity contribution in [2.75, 3.05) is 38.5 Å². The van der Waals surface area contributed by atoms with E-state index < -0.39 is 0 Å². The number of likely N-dealkylation sites (N-methyl/N-ethyl adjacent to an activating group) is 1. The fraction of sp³-hybridized carbons (Fsp3) is 0.333. The van der Waals surface area contributed by atoms with Crippen molar-refractivity contribution in [2.24, 2.45) is 0 Å². The van der Waals surface area contributed by atoms with E-state index >= 15 is 0 Å². The summed E-state index contributed by atoms with van der Waals surface area (Å²) in [6, 6.07) is 6.35. The Labute approximate surface area is 161 Å². The molecule has 27 heavy (non-hydrogen) atoms. The molecule has 1 aliphatic heterocycles. The summed E-state index contributed by atoms with van der Waals surface area (Å²) >= 11 is 0. The molecule has 4 heterocycles. The van der Waals surface area contributed by atoms with Crippen molar-refractivity contribution in [3.63, 3.8) is 0 Å². The van der Waals surface area contributed by atoms with Crippen molar-refractivity contribution in [1.29, 1.82) is 0 Å². The van der Waals surface area contributed by atoms with Crippen LogP contribution in [0.4, 0.5) is 5.82 Å². The van der Waals surface area contributed by atoms with Gasteiger partial charge >= 0.3 is 0 Å². The average molecular weight is 364 g/mol. The molecule has 0 spiro atoms. The van der Waals surface area contributed by atoms with Gasteiger partial charge in [-0.2, -0.15) is 0 Å². The number of H-pyrrole nitrogens is 1. The topological polar surface area (TPSA) is 60.1 Å². The van der Waals surface area contributed by atoms with Crippen LogP contribution in [-0.4, -0.2) is 58.0 Å². The Morgan fingerprint density at radius 1 is 1.19 bits per heavy atom. The van der Waals surface area contributed by atoms with E-state index in [0.29, 0.717) is 0 Å². The van der Waals surface area contributed by atoms with Crippen molar-refractivity contribution in [1.82, 2.24) is 24.8 Å². The highest BCUT2D eigenvalue weighted by Crippen LogP contribution is 2.28. The minimum atomic E-state index is 0. The molecule has 4 rings (SSSR count). The summed E-state index contributed by atoms with van der Waals surface area (Å²) in [7, 11) is 2.18. The van der Waals surface area contributed by atoms with Crippen molar-refractivity contribution in [3.8, 4) is 11.1 Å². The first-order valence-electron chi connectivity index (χ1n) is 9.44. The standard InChI is InChI=1S/C21H26N6.H2/c1-3-6-22-20-5-4-17(13-23-20)19-14-25-21-18(19)11-16(12-24-21)15-27-9-7-26(2)8-10-27;/h3-6,11-14H,7-10,15H2,1-2H3,(H,22,23)(H,24,25);1H. The Morgan fingerprint density at radius 3 is 2.78 bits per heavy atom. The van der Waals surface area contributed by atoms with Gasteiger partial charge in [0.15, 0.2) is 0 Å². The van der Waals surface area contributed by atoms with Crippen LogP contribution in [0.1, 0.15) is 13.9 Å². The molecule has 0 bridgehead atoms. The zero-order valence-electron chi connectivity index (χ0n) is 15.9. The second kappa shape index (κ2) is 7.90. The molecule has 0 radical (unpaired) electrons. The molecule has 0 aromatic carbocycles. The Morgan fingerprint density at radius 2 is 2.04 bits per heavy atom. The van der Waals surface area contributed by atoms with Gasteiger partial charge in [0, 0.05) is 69.3 Å². The van der Waals surface area contributed by atoms with Crippen LogP contribution >= 0.6 is 0 Å². The van der Waals surface area contributed by atoms with E-state index in [1.165, 1.54) is 5.56 Å². The fourth-order valence-electron chi connectivity index (χ4n) is 3.44. The van der Waals surface area contributed by atoms with Crippen LogP contribution in [0.2, 0.25) is 0 Å². The van der Waals surface area contributed by atoms with Crippen LogP contribution in [0, 0.1) is 0 Å². The smallest absolute Gasteiger partial charge is 0.137 e. The van der Waals surface area contributed by atoms with Gasteiger partial charge in [0.05, 0.1) is 0 Å². The summed E-state index contributed by atoms with van der Waals surface area (Å²) in [5.41, 5.74) is 4.41. The third kappa shape index (κ3) is 4.02. The number of fused-ring (bicyclic) bond motifs is 1. The van der Waals surface area contributed by atoms with Gasteiger partial charge in [0.2, 0.25) is 0 Å².